The van der Waals surface area contributed by atoms with Crippen LogP contribution in [-0.2, 0) is 0 Å². The van der Waals surface area contributed by atoms with E-state index < -0.39 is 0 Å². The molecule has 1 aliphatic carbocycles. The normalized spacial score (nSPS) is 25.3. The van der Waals surface area contributed by atoms with Crippen molar-refractivity contribution in [3.63, 3.8) is 0 Å². The average molecular weight is 287 g/mol. The van der Waals surface area contributed by atoms with Crippen LogP contribution < -0.4 is 5.32 Å². The second kappa shape index (κ2) is 6.46. The number of carbonyl (C=O) groups is 1. The van der Waals surface area contributed by atoms with Crippen molar-refractivity contribution in [2.45, 2.75) is 39.0 Å². The minimum Gasteiger partial charge on any atom is -0.370 e. The standard InChI is InChI=1S/C17H25N3O/c1-2-18-16-8-7-14(11-19-16)17(21)20-10-9-13-5-3-4-6-15(13)12-20/h7-8,11,13,15H,2-6,9-10,12H2,1H3,(H,18,19). The van der Waals surface area contributed by atoms with Crippen molar-refractivity contribution in [2.24, 2.45) is 11.8 Å². The van der Waals surface area contributed by atoms with E-state index in [0.29, 0.717) is 5.56 Å². The molecule has 2 fully saturated rings. The highest BCUT2D eigenvalue weighted by Crippen LogP contribution is 2.36. The van der Waals surface area contributed by atoms with Gasteiger partial charge in [0.15, 0.2) is 0 Å². The number of piperidine rings is 1. The molecule has 21 heavy (non-hydrogen) atoms. The maximum atomic E-state index is 12.6. The molecule has 1 saturated heterocycles. The lowest BCUT2D eigenvalue weighted by Gasteiger charge is -2.41. The molecule has 4 heteroatoms. The fraction of sp³-hybridized carbons (Fsp3) is 0.647. The monoisotopic (exact) mass is 287 g/mol. The van der Waals surface area contributed by atoms with Gasteiger partial charge in [0.05, 0.1) is 5.56 Å². The predicted octanol–water partition coefficient (Wildman–Crippen LogP) is 3.17. The Labute approximate surface area is 126 Å². The fourth-order valence-electron chi connectivity index (χ4n) is 3.77. The second-order valence-corrected chi connectivity index (χ2v) is 6.31. The van der Waals surface area contributed by atoms with Crippen LogP contribution in [0.2, 0.25) is 0 Å². The van der Waals surface area contributed by atoms with Gasteiger partial charge < -0.3 is 10.2 Å². The van der Waals surface area contributed by atoms with Crippen LogP contribution in [0.1, 0.15) is 49.4 Å². The fourth-order valence-corrected chi connectivity index (χ4v) is 3.77. The minimum absolute atomic E-state index is 0.148. The summed E-state index contributed by atoms with van der Waals surface area (Å²) in [5.74, 6) is 2.57. The first-order valence-corrected chi connectivity index (χ1v) is 8.27. The highest BCUT2D eigenvalue weighted by Gasteiger charge is 2.33. The Balaban J connectivity index is 1.64. The third-order valence-corrected chi connectivity index (χ3v) is 4.95. The molecule has 1 aromatic heterocycles. The summed E-state index contributed by atoms with van der Waals surface area (Å²) in [6.07, 6.45) is 8.26. The molecule has 2 aliphatic rings. The highest BCUT2D eigenvalue weighted by atomic mass is 16.2. The molecule has 1 aliphatic heterocycles. The zero-order valence-electron chi connectivity index (χ0n) is 12.8. The van der Waals surface area contributed by atoms with E-state index in [1.54, 1.807) is 6.20 Å². The zero-order valence-corrected chi connectivity index (χ0v) is 12.8. The van der Waals surface area contributed by atoms with Crippen molar-refractivity contribution < 1.29 is 4.79 Å². The van der Waals surface area contributed by atoms with Crippen LogP contribution in [0.5, 0.6) is 0 Å². The molecule has 2 unspecified atom stereocenters. The van der Waals surface area contributed by atoms with E-state index in [9.17, 15) is 4.79 Å². The number of carbonyl (C=O) groups excluding carboxylic acids is 1. The summed E-state index contributed by atoms with van der Waals surface area (Å²) in [5, 5.41) is 3.15. The van der Waals surface area contributed by atoms with Gasteiger partial charge in [-0.1, -0.05) is 19.3 Å². The van der Waals surface area contributed by atoms with E-state index in [0.717, 1.165) is 37.3 Å². The number of nitrogens with one attached hydrogen (secondary N) is 1. The molecule has 1 N–H and O–H groups in total. The van der Waals surface area contributed by atoms with E-state index in [2.05, 4.69) is 10.3 Å². The number of hydrogen-bond donors (Lipinski definition) is 1. The van der Waals surface area contributed by atoms with Crippen LogP contribution in [0, 0.1) is 11.8 Å². The van der Waals surface area contributed by atoms with Crippen LogP contribution >= 0.6 is 0 Å². The molecular formula is C17H25N3O. The van der Waals surface area contributed by atoms with Crippen molar-refractivity contribution in [3.05, 3.63) is 23.9 Å². The molecule has 0 spiro atoms. The van der Waals surface area contributed by atoms with Crippen LogP contribution in [0.3, 0.4) is 0 Å². The quantitative estimate of drug-likeness (QED) is 0.928. The summed E-state index contributed by atoms with van der Waals surface area (Å²) < 4.78 is 0. The molecule has 0 bridgehead atoms. The topological polar surface area (TPSA) is 45.2 Å². The highest BCUT2D eigenvalue weighted by molar-refractivity contribution is 5.94. The van der Waals surface area contributed by atoms with Crippen molar-refractivity contribution in [1.29, 1.82) is 0 Å². The Morgan fingerprint density at radius 1 is 1.29 bits per heavy atom. The number of aromatic nitrogens is 1. The summed E-state index contributed by atoms with van der Waals surface area (Å²) in [6.45, 7) is 4.73. The lowest BCUT2D eigenvalue weighted by Crippen LogP contribution is -2.44. The molecule has 1 aromatic rings. The number of pyridine rings is 1. The van der Waals surface area contributed by atoms with Gasteiger partial charge in [-0.15, -0.1) is 0 Å². The molecule has 1 saturated carbocycles. The lowest BCUT2D eigenvalue weighted by molar-refractivity contribution is 0.0520. The van der Waals surface area contributed by atoms with Crippen molar-refractivity contribution in [3.8, 4) is 0 Å². The van der Waals surface area contributed by atoms with Gasteiger partial charge in [0.2, 0.25) is 0 Å². The molecule has 0 radical (unpaired) electrons. The van der Waals surface area contributed by atoms with E-state index in [1.165, 1.54) is 32.1 Å². The third-order valence-electron chi connectivity index (χ3n) is 4.95. The smallest absolute Gasteiger partial charge is 0.255 e. The third kappa shape index (κ3) is 3.20. The maximum absolute atomic E-state index is 12.6. The molecule has 3 rings (SSSR count). The van der Waals surface area contributed by atoms with Crippen LogP contribution in [-0.4, -0.2) is 35.4 Å². The lowest BCUT2D eigenvalue weighted by atomic mass is 9.75. The Bertz CT molecular complexity index is 485. The van der Waals surface area contributed by atoms with Gasteiger partial charge >= 0.3 is 0 Å². The molecule has 2 atom stereocenters. The van der Waals surface area contributed by atoms with Crippen molar-refractivity contribution >= 4 is 11.7 Å². The molecule has 0 aromatic carbocycles. The summed E-state index contributed by atoms with van der Waals surface area (Å²) in [4.78, 5) is 19.0. The minimum atomic E-state index is 0.148. The summed E-state index contributed by atoms with van der Waals surface area (Å²) >= 11 is 0. The summed E-state index contributed by atoms with van der Waals surface area (Å²) in [7, 11) is 0. The number of fused-ring (bicyclic) bond motifs is 1. The van der Waals surface area contributed by atoms with Crippen LogP contribution in [0.4, 0.5) is 5.82 Å². The van der Waals surface area contributed by atoms with Crippen LogP contribution in [0.25, 0.3) is 0 Å². The first-order valence-electron chi connectivity index (χ1n) is 8.27. The Morgan fingerprint density at radius 3 is 2.81 bits per heavy atom. The molecule has 1 amide bonds. The molecular weight excluding hydrogens is 262 g/mol. The van der Waals surface area contributed by atoms with Crippen molar-refractivity contribution in [1.82, 2.24) is 9.88 Å². The molecule has 114 valence electrons. The SMILES string of the molecule is CCNc1ccc(C(=O)N2CCC3CCCCC3C2)cn1. The van der Waals surface area contributed by atoms with Gasteiger partial charge in [-0.3, -0.25) is 4.79 Å². The number of nitrogens with zero attached hydrogens (tertiary/aromatic N) is 2. The molecule has 4 nitrogen and oxygen atoms in total. The van der Waals surface area contributed by atoms with Gasteiger partial charge in [-0.2, -0.15) is 0 Å². The van der Waals surface area contributed by atoms with Gasteiger partial charge in [-0.05, 0) is 43.7 Å². The predicted molar refractivity (Wildman–Crippen MR) is 84.4 cm³/mol. The maximum Gasteiger partial charge on any atom is 0.255 e. The van der Waals surface area contributed by atoms with E-state index >= 15 is 0 Å². The molecule has 2 heterocycles. The van der Waals surface area contributed by atoms with Gasteiger partial charge in [0, 0.05) is 25.8 Å². The van der Waals surface area contributed by atoms with Crippen molar-refractivity contribution in [2.75, 3.05) is 25.0 Å². The Morgan fingerprint density at radius 2 is 2.10 bits per heavy atom. The number of anilines is 1. The summed E-state index contributed by atoms with van der Waals surface area (Å²) in [5.41, 5.74) is 0.714. The first-order chi connectivity index (χ1) is 10.3. The first kappa shape index (κ1) is 14.4. The second-order valence-electron chi connectivity index (χ2n) is 6.31. The van der Waals surface area contributed by atoms with Crippen LogP contribution in [0.15, 0.2) is 18.3 Å². The Hall–Kier alpha value is -1.58. The number of hydrogen-bond acceptors (Lipinski definition) is 3. The number of likely N-dealkylation sites (tertiary alicyclic amines) is 1. The summed E-state index contributed by atoms with van der Waals surface area (Å²) in [6, 6.07) is 3.78. The van der Waals surface area contributed by atoms with E-state index in [4.69, 9.17) is 0 Å². The van der Waals surface area contributed by atoms with E-state index in [1.807, 2.05) is 24.0 Å². The largest absolute Gasteiger partial charge is 0.370 e. The Kier molecular flexibility index (Phi) is 4.42. The van der Waals surface area contributed by atoms with E-state index in [-0.39, 0.29) is 5.91 Å². The number of amides is 1. The van der Waals surface area contributed by atoms with Gasteiger partial charge in [0.1, 0.15) is 5.82 Å². The zero-order chi connectivity index (χ0) is 14.7. The average Bonchev–Trinajstić information content (AvgIpc) is 2.55. The van der Waals surface area contributed by atoms with Gasteiger partial charge in [0.25, 0.3) is 5.91 Å². The number of rotatable bonds is 3. The van der Waals surface area contributed by atoms with Gasteiger partial charge in [-0.25, -0.2) is 4.98 Å².